The van der Waals surface area contributed by atoms with E-state index in [1.165, 1.54) is 32.2 Å². The first kappa shape index (κ1) is 12.8. The SMILES string of the molecule is CC(NC1CCCN(C)C1)C(=O)N1CCCC1. The number of hydrogen-bond donors (Lipinski definition) is 1. The number of likely N-dealkylation sites (tertiary alicyclic amines) is 2. The molecule has 2 atom stereocenters. The van der Waals surface area contributed by atoms with Crippen molar-refractivity contribution in [2.24, 2.45) is 0 Å². The third-order valence-corrected chi connectivity index (χ3v) is 3.90. The maximum atomic E-state index is 12.2. The van der Waals surface area contributed by atoms with E-state index >= 15 is 0 Å². The van der Waals surface area contributed by atoms with Gasteiger partial charge in [0.2, 0.25) is 5.91 Å². The molecule has 98 valence electrons. The van der Waals surface area contributed by atoms with Crippen molar-refractivity contribution in [1.29, 1.82) is 0 Å². The molecule has 0 aromatic carbocycles. The highest BCUT2D eigenvalue weighted by Crippen LogP contribution is 2.12. The van der Waals surface area contributed by atoms with Crippen LogP contribution >= 0.6 is 0 Å². The lowest BCUT2D eigenvalue weighted by atomic mass is 10.1. The van der Waals surface area contributed by atoms with Crippen molar-refractivity contribution in [1.82, 2.24) is 15.1 Å². The lowest BCUT2D eigenvalue weighted by molar-refractivity contribution is -0.132. The minimum atomic E-state index is -0.0235. The number of nitrogens with one attached hydrogen (secondary N) is 1. The van der Waals surface area contributed by atoms with Gasteiger partial charge in [-0.25, -0.2) is 0 Å². The molecule has 2 saturated heterocycles. The van der Waals surface area contributed by atoms with E-state index in [9.17, 15) is 4.79 Å². The molecule has 2 rings (SSSR count). The summed E-state index contributed by atoms with van der Waals surface area (Å²) >= 11 is 0. The Morgan fingerprint density at radius 2 is 1.94 bits per heavy atom. The maximum Gasteiger partial charge on any atom is 0.239 e. The molecule has 4 heteroatoms. The van der Waals surface area contributed by atoms with Gasteiger partial charge in [0, 0.05) is 25.7 Å². The molecule has 2 aliphatic heterocycles. The summed E-state index contributed by atoms with van der Waals surface area (Å²) in [5.74, 6) is 0.288. The fraction of sp³-hybridized carbons (Fsp3) is 0.923. The number of carbonyl (C=O) groups excluding carboxylic acids is 1. The molecule has 17 heavy (non-hydrogen) atoms. The minimum absolute atomic E-state index is 0.0235. The largest absolute Gasteiger partial charge is 0.341 e. The lowest BCUT2D eigenvalue weighted by Gasteiger charge is -2.33. The Morgan fingerprint density at radius 3 is 2.59 bits per heavy atom. The van der Waals surface area contributed by atoms with E-state index < -0.39 is 0 Å². The highest BCUT2D eigenvalue weighted by atomic mass is 16.2. The van der Waals surface area contributed by atoms with Crippen molar-refractivity contribution >= 4 is 5.91 Å². The minimum Gasteiger partial charge on any atom is -0.341 e. The van der Waals surface area contributed by atoms with Crippen LogP contribution in [0.2, 0.25) is 0 Å². The fourth-order valence-electron chi connectivity index (χ4n) is 2.94. The second-order valence-corrected chi connectivity index (χ2v) is 5.52. The second-order valence-electron chi connectivity index (χ2n) is 5.52. The topological polar surface area (TPSA) is 35.6 Å². The highest BCUT2D eigenvalue weighted by molar-refractivity contribution is 5.81. The number of nitrogens with zero attached hydrogens (tertiary/aromatic N) is 2. The summed E-state index contributed by atoms with van der Waals surface area (Å²) in [5.41, 5.74) is 0. The van der Waals surface area contributed by atoms with Gasteiger partial charge >= 0.3 is 0 Å². The summed E-state index contributed by atoms with van der Waals surface area (Å²) in [6.07, 6.45) is 4.77. The van der Waals surface area contributed by atoms with Gasteiger partial charge in [-0.2, -0.15) is 0 Å². The van der Waals surface area contributed by atoms with E-state index in [-0.39, 0.29) is 11.9 Å². The normalized spacial score (nSPS) is 28.4. The molecular weight excluding hydrogens is 214 g/mol. The Morgan fingerprint density at radius 1 is 1.24 bits per heavy atom. The van der Waals surface area contributed by atoms with Crippen LogP contribution in [0.3, 0.4) is 0 Å². The summed E-state index contributed by atoms with van der Waals surface area (Å²) in [7, 11) is 2.15. The first-order chi connectivity index (χ1) is 8.16. The van der Waals surface area contributed by atoms with E-state index in [0.717, 1.165) is 19.6 Å². The molecular formula is C13H25N3O. The summed E-state index contributed by atoms with van der Waals surface area (Å²) in [6.45, 7) is 6.17. The van der Waals surface area contributed by atoms with Crippen LogP contribution < -0.4 is 5.32 Å². The average Bonchev–Trinajstić information content (AvgIpc) is 2.81. The zero-order valence-electron chi connectivity index (χ0n) is 11.1. The average molecular weight is 239 g/mol. The number of carbonyl (C=O) groups is 1. The van der Waals surface area contributed by atoms with Crippen molar-refractivity contribution in [2.45, 2.75) is 44.7 Å². The molecule has 4 nitrogen and oxygen atoms in total. The van der Waals surface area contributed by atoms with Crippen molar-refractivity contribution in [3.8, 4) is 0 Å². The maximum absolute atomic E-state index is 12.2. The van der Waals surface area contributed by atoms with Crippen LogP contribution in [0.25, 0.3) is 0 Å². The van der Waals surface area contributed by atoms with E-state index in [0.29, 0.717) is 6.04 Å². The summed E-state index contributed by atoms with van der Waals surface area (Å²) in [6, 6.07) is 0.458. The predicted molar refractivity (Wildman–Crippen MR) is 68.9 cm³/mol. The first-order valence-electron chi connectivity index (χ1n) is 6.90. The molecule has 1 amide bonds. The fourth-order valence-corrected chi connectivity index (χ4v) is 2.94. The Kier molecular flexibility index (Phi) is 4.40. The monoisotopic (exact) mass is 239 g/mol. The number of piperidine rings is 1. The van der Waals surface area contributed by atoms with E-state index in [2.05, 4.69) is 17.3 Å². The standard InChI is InChI=1S/C13H25N3O/c1-11(13(17)16-8-3-4-9-16)14-12-6-5-7-15(2)10-12/h11-12,14H,3-10H2,1-2H3. The predicted octanol–water partition coefficient (Wildman–Crippen LogP) is 0.681. The van der Waals surface area contributed by atoms with Gasteiger partial charge in [0.1, 0.15) is 0 Å². The molecule has 2 aliphatic rings. The van der Waals surface area contributed by atoms with Gasteiger partial charge in [-0.05, 0) is 46.2 Å². The third-order valence-electron chi connectivity index (χ3n) is 3.90. The Hall–Kier alpha value is -0.610. The van der Waals surface area contributed by atoms with Crippen molar-refractivity contribution < 1.29 is 4.79 Å². The molecule has 0 radical (unpaired) electrons. The molecule has 0 saturated carbocycles. The van der Waals surface area contributed by atoms with Crippen LogP contribution in [-0.2, 0) is 4.79 Å². The molecule has 0 aromatic heterocycles. The lowest BCUT2D eigenvalue weighted by Crippen LogP contribution is -2.52. The number of hydrogen-bond acceptors (Lipinski definition) is 3. The smallest absolute Gasteiger partial charge is 0.239 e. The Labute approximate surface area is 104 Å². The van der Waals surface area contributed by atoms with E-state index in [1.807, 2.05) is 11.8 Å². The molecule has 1 N–H and O–H groups in total. The number of rotatable bonds is 3. The van der Waals surface area contributed by atoms with Crippen LogP contribution in [0.1, 0.15) is 32.6 Å². The van der Waals surface area contributed by atoms with Gasteiger partial charge in [-0.3, -0.25) is 4.79 Å². The van der Waals surface area contributed by atoms with Crippen LogP contribution in [0.15, 0.2) is 0 Å². The van der Waals surface area contributed by atoms with Gasteiger partial charge in [0.15, 0.2) is 0 Å². The van der Waals surface area contributed by atoms with Crippen LogP contribution in [-0.4, -0.2) is 61.0 Å². The zero-order chi connectivity index (χ0) is 12.3. The molecule has 2 unspecified atom stereocenters. The molecule has 2 heterocycles. The molecule has 0 bridgehead atoms. The van der Waals surface area contributed by atoms with Gasteiger partial charge in [-0.1, -0.05) is 0 Å². The van der Waals surface area contributed by atoms with Crippen LogP contribution in [0.5, 0.6) is 0 Å². The summed E-state index contributed by atoms with van der Waals surface area (Å²) in [5, 5.41) is 3.49. The zero-order valence-corrected chi connectivity index (χ0v) is 11.1. The number of likely N-dealkylation sites (N-methyl/N-ethyl adjacent to an activating group) is 1. The molecule has 0 aliphatic carbocycles. The Balaban J connectivity index is 1.79. The van der Waals surface area contributed by atoms with Gasteiger partial charge < -0.3 is 15.1 Å². The molecule has 0 spiro atoms. The van der Waals surface area contributed by atoms with Crippen molar-refractivity contribution in [2.75, 3.05) is 33.2 Å². The third kappa shape index (κ3) is 3.42. The van der Waals surface area contributed by atoms with Crippen LogP contribution in [0.4, 0.5) is 0 Å². The molecule has 0 aromatic rings. The quantitative estimate of drug-likeness (QED) is 0.787. The Bertz CT molecular complexity index is 263. The summed E-state index contributed by atoms with van der Waals surface area (Å²) in [4.78, 5) is 16.5. The second kappa shape index (κ2) is 5.83. The van der Waals surface area contributed by atoms with E-state index in [1.54, 1.807) is 0 Å². The van der Waals surface area contributed by atoms with Crippen LogP contribution in [0, 0.1) is 0 Å². The van der Waals surface area contributed by atoms with Crippen molar-refractivity contribution in [3.05, 3.63) is 0 Å². The van der Waals surface area contributed by atoms with Gasteiger partial charge in [0.05, 0.1) is 6.04 Å². The highest BCUT2D eigenvalue weighted by Gasteiger charge is 2.26. The molecule has 2 fully saturated rings. The summed E-state index contributed by atoms with van der Waals surface area (Å²) < 4.78 is 0. The van der Waals surface area contributed by atoms with E-state index in [4.69, 9.17) is 0 Å². The van der Waals surface area contributed by atoms with Gasteiger partial charge in [0.25, 0.3) is 0 Å². The number of amides is 1. The van der Waals surface area contributed by atoms with Gasteiger partial charge in [-0.15, -0.1) is 0 Å². The first-order valence-corrected chi connectivity index (χ1v) is 6.90. The van der Waals surface area contributed by atoms with Crippen molar-refractivity contribution in [3.63, 3.8) is 0 Å².